The van der Waals surface area contributed by atoms with Crippen LogP contribution in [0.1, 0.15) is 18.4 Å². The third-order valence-electron chi connectivity index (χ3n) is 4.41. The Balaban J connectivity index is 0.00000225. The molecule has 1 amide bonds. The molecule has 0 saturated carbocycles. The summed E-state index contributed by atoms with van der Waals surface area (Å²) in [6.45, 7) is 5.81. The van der Waals surface area contributed by atoms with Crippen LogP contribution in [0.3, 0.4) is 0 Å². The van der Waals surface area contributed by atoms with E-state index in [2.05, 4.69) is 25.5 Å². The SMILES string of the molecule is Cl.O=C(CCCc1ccc2[nH]c(=O)[nH]c2c1)NCCN1CCNCC1. The topological polar surface area (TPSA) is 93.0 Å². The molecule has 0 spiro atoms. The van der Waals surface area contributed by atoms with Crippen molar-refractivity contribution in [2.24, 2.45) is 0 Å². The largest absolute Gasteiger partial charge is 0.355 e. The van der Waals surface area contributed by atoms with Crippen LogP contribution in [0, 0.1) is 0 Å². The predicted molar refractivity (Wildman–Crippen MR) is 101 cm³/mol. The number of aromatic nitrogens is 2. The molecule has 1 aliphatic heterocycles. The number of piperazine rings is 1. The van der Waals surface area contributed by atoms with Crippen LogP contribution < -0.4 is 16.3 Å². The number of nitrogens with zero attached hydrogens (tertiary/aromatic N) is 1. The van der Waals surface area contributed by atoms with E-state index >= 15 is 0 Å². The van der Waals surface area contributed by atoms with Gasteiger partial charge in [0.2, 0.25) is 5.91 Å². The summed E-state index contributed by atoms with van der Waals surface area (Å²) in [5.74, 6) is 0.112. The zero-order chi connectivity index (χ0) is 16.8. The van der Waals surface area contributed by atoms with Crippen molar-refractivity contribution in [3.8, 4) is 0 Å². The highest BCUT2D eigenvalue weighted by molar-refractivity contribution is 5.85. The van der Waals surface area contributed by atoms with E-state index in [-0.39, 0.29) is 24.0 Å². The third kappa shape index (κ3) is 5.88. The first-order valence-electron chi connectivity index (χ1n) is 8.61. The lowest BCUT2D eigenvalue weighted by molar-refractivity contribution is -0.121. The Morgan fingerprint density at radius 1 is 1.16 bits per heavy atom. The van der Waals surface area contributed by atoms with Gasteiger partial charge in [0.05, 0.1) is 11.0 Å². The van der Waals surface area contributed by atoms with Crippen molar-refractivity contribution in [2.75, 3.05) is 39.3 Å². The standard InChI is InChI=1S/C17H25N5O2.ClH/c23-16(19-8-11-22-9-6-18-7-10-22)3-1-2-13-4-5-14-15(12-13)21-17(24)20-14;/h4-5,12,18H,1-3,6-11H2,(H,19,23)(H2,20,21,24);1H. The summed E-state index contributed by atoms with van der Waals surface area (Å²) in [6, 6.07) is 5.86. The zero-order valence-electron chi connectivity index (χ0n) is 14.3. The van der Waals surface area contributed by atoms with Crippen LogP contribution in [0.4, 0.5) is 0 Å². The summed E-state index contributed by atoms with van der Waals surface area (Å²) in [5.41, 5.74) is 2.57. The number of aromatic amines is 2. The molecule has 0 radical (unpaired) electrons. The second-order valence-electron chi connectivity index (χ2n) is 6.25. The number of rotatable bonds is 7. The number of carbonyl (C=O) groups is 1. The summed E-state index contributed by atoms with van der Waals surface area (Å²) in [5, 5.41) is 6.31. The van der Waals surface area contributed by atoms with Crippen molar-refractivity contribution in [3.05, 3.63) is 34.2 Å². The average molecular weight is 368 g/mol. The second kappa shape index (κ2) is 9.60. The number of hydrogen-bond donors (Lipinski definition) is 4. The first-order chi connectivity index (χ1) is 11.7. The summed E-state index contributed by atoms with van der Waals surface area (Å²) in [7, 11) is 0. The molecule has 8 heteroatoms. The van der Waals surface area contributed by atoms with E-state index in [0.29, 0.717) is 6.42 Å². The Hall–Kier alpha value is -1.83. The van der Waals surface area contributed by atoms with Gasteiger partial charge in [-0.3, -0.25) is 9.69 Å². The summed E-state index contributed by atoms with van der Waals surface area (Å²) < 4.78 is 0. The maximum absolute atomic E-state index is 11.9. The monoisotopic (exact) mass is 367 g/mol. The Morgan fingerprint density at radius 3 is 2.72 bits per heavy atom. The Kier molecular flexibility index (Phi) is 7.49. The van der Waals surface area contributed by atoms with Gasteiger partial charge in [0.15, 0.2) is 0 Å². The molecule has 0 unspecified atom stereocenters. The highest BCUT2D eigenvalue weighted by Crippen LogP contribution is 2.12. The maximum Gasteiger partial charge on any atom is 0.323 e. The van der Waals surface area contributed by atoms with Gasteiger partial charge in [-0.1, -0.05) is 6.07 Å². The normalized spacial score (nSPS) is 15.0. The number of fused-ring (bicyclic) bond motifs is 1. The molecule has 0 bridgehead atoms. The average Bonchev–Trinajstić information content (AvgIpc) is 2.95. The van der Waals surface area contributed by atoms with Crippen LogP contribution >= 0.6 is 12.4 Å². The van der Waals surface area contributed by atoms with Gasteiger partial charge >= 0.3 is 5.69 Å². The molecule has 2 heterocycles. The van der Waals surface area contributed by atoms with Gasteiger partial charge in [-0.15, -0.1) is 12.4 Å². The van der Waals surface area contributed by atoms with E-state index in [1.807, 2.05) is 18.2 Å². The minimum Gasteiger partial charge on any atom is -0.355 e. The highest BCUT2D eigenvalue weighted by atomic mass is 35.5. The second-order valence-corrected chi connectivity index (χ2v) is 6.25. The Morgan fingerprint density at radius 2 is 1.92 bits per heavy atom. The molecule has 1 saturated heterocycles. The summed E-state index contributed by atoms with van der Waals surface area (Å²) in [4.78, 5) is 31.0. The molecule has 1 aromatic heterocycles. The van der Waals surface area contributed by atoms with E-state index in [9.17, 15) is 9.59 Å². The van der Waals surface area contributed by atoms with Crippen LogP contribution in [0.15, 0.2) is 23.0 Å². The first-order valence-corrected chi connectivity index (χ1v) is 8.61. The van der Waals surface area contributed by atoms with E-state index in [0.717, 1.165) is 68.7 Å². The number of halogens is 1. The van der Waals surface area contributed by atoms with Gasteiger partial charge in [-0.2, -0.15) is 0 Å². The highest BCUT2D eigenvalue weighted by Gasteiger charge is 2.09. The number of nitrogens with one attached hydrogen (secondary N) is 4. The van der Waals surface area contributed by atoms with Gasteiger partial charge in [0.1, 0.15) is 0 Å². The Bertz CT molecular complexity index is 736. The first kappa shape index (κ1) is 19.5. The number of amides is 1. The van der Waals surface area contributed by atoms with Gasteiger partial charge in [-0.25, -0.2) is 4.79 Å². The molecule has 1 aromatic carbocycles. The Labute approximate surface area is 153 Å². The van der Waals surface area contributed by atoms with Gasteiger partial charge in [0, 0.05) is 45.7 Å². The number of imidazole rings is 1. The molecular formula is C17H26ClN5O2. The van der Waals surface area contributed by atoms with Crippen molar-refractivity contribution < 1.29 is 4.79 Å². The van der Waals surface area contributed by atoms with Gasteiger partial charge in [-0.05, 0) is 30.5 Å². The molecule has 3 rings (SSSR count). The van der Waals surface area contributed by atoms with E-state index < -0.39 is 0 Å². The van der Waals surface area contributed by atoms with Crippen molar-refractivity contribution in [2.45, 2.75) is 19.3 Å². The quantitative estimate of drug-likeness (QED) is 0.577. The van der Waals surface area contributed by atoms with Crippen molar-refractivity contribution in [1.82, 2.24) is 25.5 Å². The van der Waals surface area contributed by atoms with Crippen molar-refractivity contribution in [1.29, 1.82) is 0 Å². The van der Waals surface area contributed by atoms with E-state index in [1.165, 1.54) is 0 Å². The van der Waals surface area contributed by atoms with E-state index in [4.69, 9.17) is 0 Å². The van der Waals surface area contributed by atoms with Gasteiger partial charge in [0.25, 0.3) is 0 Å². The molecule has 0 aliphatic carbocycles. The zero-order valence-corrected chi connectivity index (χ0v) is 15.1. The van der Waals surface area contributed by atoms with Crippen LogP contribution in [-0.2, 0) is 11.2 Å². The summed E-state index contributed by atoms with van der Waals surface area (Å²) in [6.07, 6.45) is 2.16. The number of benzene rings is 1. The molecule has 2 aromatic rings. The fourth-order valence-corrected chi connectivity index (χ4v) is 3.06. The lowest BCUT2D eigenvalue weighted by Crippen LogP contribution is -2.46. The minimum atomic E-state index is -0.189. The van der Waals surface area contributed by atoms with Crippen molar-refractivity contribution in [3.63, 3.8) is 0 Å². The number of aryl methyl sites for hydroxylation is 1. The molecule has 25 heavy (non-hydrogen) atoms. The lowest BCUT2D eigenvalue weighted by Gasteiger charge is -2.27. The van der Waals surface area contributed by atoms with Gasteiger partial charge < -0.3 is 20.6 Å². The third-order valence-corrected chi connectivity index (χ3v) is 4.41. The molecule has 0 atom stereocenters. The van der Waals surface area contributed by atoms with Crippen molar-refractivity contribution >= 4 is 29.3 Å². The maximum atomic E-state index is 11.9. The van der Waals surface area contributed by atoms with Crippen LogP contribution in [0.5, 0.6) is 0 Å². The molecular weight excluding hydrogens is 342 g/mol. The molecule has 4 N–H and O–H groups in total. The van der Waals surface area contributed by atoms with E-state index in [1.54, 1.807) is 0 Å². The predicted octanol–water partition coefficient (Wildman–Crippen LogP) is 0.622. The van der Waals surface area contributed by atoms with Crippen LogP contribution in [0.2, 0.25) is 0 Å². The fraction of sp³-hybridized carbons (Fsp3) is 0.529. The minimum absolute atomic E-state index is 0. The molecule has 138 valence electrons. The molecule has 7 nitrogen and oxygen atoms in total. The van der Waals surface area contributed by atoms with Crippen LogP contribution in [0.25, 0.3) is 11.0 Å². The number of carbonyl (C=O) groups excluding carboxylic acids is 1. The summed E-state index contributed by atoms with van der Waals surface area (Å²) >= 11 is 0. The van der Waals surface area contributed by atoms with Crippen LogP contribution in [-0.4, -0.2) is 60.0 Å². The fourth-order valence-electron chi connectivity index (χ4n) is 3.06. The lowest BCUT2D eigenvalue weighted by atomic mass is 10.1. The number of hydrogen-bond acceptors (Lipinski definition) is 4. The smallest absolute Gasteiger partial charge is 0.323 e. The molecule has 1 aliphatic rings. The molecule has 1 fully saturated rings. The number of H-pyrrole nitrogens is 2.